The first-order valence-corrected chi connectivity index (χ1v) is 14.1. The van der Waals surface area contributed by atoms with E-state index in [0.29, 0.717) is 22.4 Å². The predicted octanol–water partition coefficient (Wildman–Crippen LogP) is 5.42. The SMILES string of the molecule is CC(C)c1c(C(=O)N(C)c2ccccc2)c(-c2ccccc2)c(-c2ccc(F)cc2)n1CC[C@@H](O)C[C@@H](O)CC(=O)O.[CaH2]. The Labute approximate surface area is 281 Å². The maximum absolute atomic E-state index is 14.4. The fraction of sp³-hybridized carbons (Fsp3) is 0.294. The second-order valence-corrected chi connectivity index (χ2v) is 10.8. The third-order valence-electron chi connectivity index (χ3n) is 7.33. The van der Waals surface area contributed by atoms with Crippen LogP contribution in [0.15, 0.2) is 84.9 Å². The fourth-order valence-corrected chi connectivity index (χ4v) is 5.41. The Balaban J connectivity index is 0.00000506. The molecule has 0 fully saturated rings. The van der Waals surface area contributed by atoms with Gasteiger partial charge in [-0.15, -0.1) is 0 Å². The number of carbonyl (C=O) groups excluding carboxylic acids is 1. The molecular weight excluding hydrogens is 575 g/mol. The van der Waals surface area contributed by atoms with E-state index in [-0.39, 0.29) is 74.8 Å². The monoisotopic (exact) mass is 614 g/mol. The first-order valence-electron chi connectivity index (χ1n) is 14.1. The zero-order valence-corrected chi connectivity index (χ0v) is 24.1. The van der Waals surface area contributed by atoms with Crippen LogP contribution in [0.5, 0.6) is 0 Å². The third kappa shape index (κ3) is 8.34. The molecule has 1 amide bonds. The molecule has 2 atom stereocenters. The number of carbonyl (C=O) groups is 2. The zero-order chi connectivity index (χ0) is 30.4. The molecule has 7 nitrogen and oxygen atoms in total. The molecule has 0 bridgehead atoms. The van der Waals surface area contributed by atoms with Crippen LogP contribution in [-0.2, 0) is 11.3 Å². The number of carboxylic acids is 1. The van der Waals surface area contributed by atoms with Gasteiger partial charge in [-0.05, 0) is 66.3 Å². The van der Waals surface area contributed by atoms with Crippen molar-refractivity contribution in [3.63, 3.8) is 0 Å². The number of aliphatic hydroxyl groups is 2. The van der Waals surface area contributed by atoms with E-state index in [4.69, 9.17) is 5.11 Å². The Morgan fingerprint density at radius 2 is 1.44 bits per heavy atom. The van der Waals surface area contributed by atoms with Crippen molar-refractivity contribution in [2.75, 3.05) is 11.9 Å². The summed E-state index contributed by atoms with van der Waals surface area (Å²) >= 11 is 0. The van der Waals surface area contributed by atoms with Gasteiger partial charge in [0.05, 0.1) is 29.9 Å². The number of rotatable bonds is 12. The van der Waals surface area contributed by atoms with Crippen LogP contribution in [0.1, 0.15) is 55.1 Å². The second-order valence-electron chi connectivity index (χ2n) is 10.8. The molecule has 0 saturated carbocycles. The Morgan fingerprint density at radius 3 is 2.00 bits per heavy atom. The van der Waals surface area contributed by atoms with E-state index in [1.807, 2.05) is 79.1 Å². The number of nitrogens with zero attached hydrogens (tertiary/aromatic N) is 2. The minimum atomic E-state index is -1.18. The zero-order valence-electron chi connectivity index (χ0n) is 24.1. The van der Waals surface area contributed by atoms with Gasteiger partial charge < -0.3 is 24.8 Å². The molecule has 0 unspecified atom stereocenters. The van der Waals surface area contributed by atoms with Crippen molar-refractivity contribution < 1.29 is 29.3 Å². The Kier molecular flexibility index (Phi) is 12.5. The number of aliphatic hydroxyl groups excluding tert-OH is 2. The maximum atomic E-state index is 14.4. The Bertz CT molecular complexity index is 1510. The van der Waals surface area contributed by atoms with Gasteiger partial charge in [-0.25, -0.2) is 4.39 Å². The van der Waals surface area contributed by atoms with Crippen molar-refractivity contribution in [2.45, 2.75) is 57.8 Å². The average Bonchev–Trinajstić information content (AvgIpc) is 3.31. The van der Waals surface area contributed by atoms with Gasteiger partial charge in [0.25, 0.3) is 5.91 Å². The topological polar surface area (TPSA) is 103 Å². The first-order chi connectivity index (χ1) is 20.1. The molecule has 4 aromatic rings. The van der Waals surface area contributed by atoms with E-state index in [2.05, 4.69) is 0 Å². The number of benzene rings is 3. The number of aliphatic carboxylic acids is 1. The van der Waals surface area contributed by atoms with Gasteiger partial charge >= 0.3 is 43.7 Å². The van der Waals surface area contributed by atoms with E-state index < -0.39 is 24.6 Å². The summed E-state index contributed by atoms with van der Waals surface area (Å²) in [6.07, 6.45) is -2.50. The molecule has 4 rings (SSSR count). The fourth-order valence-electron chi connectivity index (χ4n) is 5.41. The molecule has 0 saturated heterocycles. The summed E-state index contributed by atoms with van der Waals surface area (Å²) in [7, 11) is 1.74. The number of hydrogen-bond donors (Lipinski definition) is 3. The van der Waals surface area contributed by atoms with Crippen LogP contribution in [0.3, 0.4) is 0 Å². The van der Waals surface area contributed by atoms with Gasteiger partial charge in [-0.3, -0.25) is 9.59 Å². The number of aromatic nitrogens is 1. The molecule has 43 heavy (non-hydrogen) atoms. The van der Waals surface area contributed by atoms with Crippen LogP contribution in [0, 0.1) is 5.82 Å². The van der Waals surface area contributed by atoms with Crippen LogP contribution in [0.4, 0.5) is 10.1 Å². The van der Waals surface area contributed by atoms with Crippen molar-refractivity contribution >= 4 is 55.3 Å². The normalized spacial score (nSPS) is 12.4. The van der Waals surface area contributed by atoms with Crippen molar-refractivity contribution in [3.8, 4) is 22.4 Å². The van der Waals surface area contributed by atoms with Crippen molar-refractivity contribution in [1.82, 2.24) is 4.57 Å². The number of amides is 1. The number of carboxylic acid groups (broad SMARTS) is 1. The number of halogens is 1. The molecular formula is C34H39CaFN2O5. The predicted molar refractivity (Wildman–Crippen MR) is 171 cm³/mol. The summed E-state index contributed by atoms with van der Waals surface area (Å²) in [5.74, 6) is -1.84. The van der Waals surface area contributed by atoms with E-state index >= 15 is 0 Å². The van der Waals surface area contributed by atoms with Crippen LogP contribution >= 0.6 is 0 Å². The number of anilines is 1. The van der Waals surface area contributed by atoms with Gasteiger partial charge in [-0.2, -0.15) is 0 Å². The molecule has 0 aliphatic rings. The van der Waals surface area contributed by atoms with Crippen LogP contribution in [0.2, 0.25) is 0 Å². The quantitative estimate of drug-likeness (QED) is 0.185. The molecule has 0 aliphatic heterocycles. The molecule has 1 aromatic heterocycles. The number of para-hydroxylation sites is 1. The van der Waals surface area contributed by atoms with Crippen LogP contribution in [-0.4, -0.2) is 88.8 Å². The van der Waals surface area contributed by atoms with Gasteiger partial charge in [0.15, 0.2) is 0 Å². The average molecular weight is 615 g/mol. The summed E-state index contributed by atoms with van der Waals surface area (Å²) in [6, 6.07) is 25.1. The Hall–Kier alpha value is -3.01. The minimum absolute atomic E-state index is 0. The summed E-state index contributed by atoms with van der Waals surface area (Å²) in [5.41, 5.74) is 4.96. The Morgan fingerprint density at radius 1 is 0.860 bits per heavy atom. The van der Waals surface area contributed by atoms with Crippen molar-refractivity contribution in [2.24, 2.45) is 0 Å². The molecule has 1 heterocycles. The van der Waals surface area contributed by atoms with E-state index in [1.165, 1.54) is 12.1 Å². The van der Waals surface area contributed by atoms with Crippen molar-refractivity contribution in [1.29, 1.82) is 0 Å². The van der Waals surface area contributed by atoms with E-state index in [1.54, 1.807) is 24.1 Å². The standard InChI is InChI=1S/C34H37FN2O5.Ca.2H/c1-22(2)32-31(34(42)36(3)26-12-8-5-9-13-26)30(23-10-6-4-7-11-23)33(24-14-16-25(35)17-15-24)37(32)19-18-27(38)20-28(39)21-29(40)41;;;/h4-17,22,27-28,38-39H,18-21H2,1-3H3,(H,40,41);;;/t27-,28-;;;/m1.../s1. The summed E-state index contributed by atoms with van der Waals surface area (Å²) in [4.78, 5) is 27.0. The van der Waals surface area contributed by atoms with Gasteiger partial charge in [0, 0.05) is 30.5 Å². The molecule has 224 valence electrons. The summed E-state index contributed by atoms with van der Waals surface area (Å²) in [6.45, 7) is 4.28. The second kappa shape index (κ2) is 15.6. The van der Waals surface area contributed by atoms with Gasteiger partial charge in [-0.1, -0.05) is 62.4 Å². The van der Waals surface area contributed by atoms with Crippen LogP contribution in [0.25, 0.3) is 22.4 Å². The molecule has 3 N–H and O–H groups in total. The van der Waals surface area contributed by atoms with Crippen molar-refractivity contribution in [3.05, 3.63) is 102 Å². The summed E-state index contributed by atoms with van der Waals surface area (Å²) in [5, 5.41) is 29.9. The van der Waals surface area contributed by atoms with E-state index in [9.17, 15) is 24.2 Å². The summed E-state index contributed by atoms with van der Waals surface area (Å²) < 4.78 is 16.1. The molecule has 3 aromatic carbocycles. The van der Waals surface area contributed by atoms with Crippen LogP contribution < -0.4 is 4.90 Å². The molecule has 9 heteroatoms. The third-order valence-corrected chi connectivity index (χ3v) is 7.33. The molecule has 0 spiro atoms. The van der Waals surface area contributed by atoms with Gasteiger partial charge in [0.1, 0.15) is 5.82 Å². The molecule has 0 aliphatic carbocycles. The molecule has 0 radical (unpaired) electrons. The number of hydrogen-bond acceptors (Lipinski definition) is 4. The first kappa shape index (κ1) is 34.5. The van der Waals surface area contributed by atoms with Gasteiger partial charge in [0.2, 0.25) is 0 Å². The van der Waals surface area contributed by atoms with E-state index in [0.717, 1.165) is 16.9 Å².